The molecule has 1 heterocycles. The predicted octanol–water partition coefficient (Wildman–Crippen LogP) is 4.20. The summed E-state index contributed by atoms with van der Waals surface area (Å²) in [5.74, 6) is 2.96. The maximum atomic E-state index is 12.5. The zero-order valence-corrected chi connectivity index (χ0v) is 16.3. The minimum Gasteiger partial charge on any atom is -0.497 e. The first-order valence-corrected chi connectivity index (χ1v) is 9.38. The second-order valence-electron chi connectivity index (χ2n) is 6.46. The van der Waals surface area contributed by atoms with Crippen molar-refractivity contribution in [2.75, 3.05) is 7.11 Å². The lowest BCUT2D eigenvalue weighted by atomic mass is 10.2. The highest BCUT2D eigenvalue weighted by Crippen LogP contribution is 2.22. The molecule has 4 aromatic rings. The number of nitrogens with one attached hydrogen (secondary N) is 2. The second kappa shape index (κ2) is 8.91. The third-order valence-electron chi connectivity index (χ3n) is 4.37. The van der Waals surface area contributed by atoms with Gasteiger partial charge in [-0.3, -0.25) is 9.89 Å². The van der Waals surface area contributed by atoms with Crippen LogP contribution in [0.15, 0.2) is 78.9 Å². The van der Waals surface area contributed by atoms with Crippen LogP contribution in [0.2, 0.25) is 0 Å². The maximum absolute atomic E-state index is 12.5. The Bertz CT molecular complexity index is 1120. The van der Waals surface area contributed by atoms with Crippen LogP contribution < -0.4 is 14.8 Å². The predicted molar refractivity (Wildman–Crippen MR) is 112 cm³/mol. The van der Waals surface area contributed by atoms with Gasteiger partial charge in [0, 0.05) is 11.1 Å². The number of aromatic nitrogens is 3. The van der Waals surface area contributed by atoms with Crippen LogP contribution in [-0.2, 0) is 6.54 Å². The Morgan fingerprint density at radius 1 is 0.933 bits per heavy atom. The van der Waals surface area contributed by atoms with Gasteiger partial charge in [-0.05, 0) is 54.6 Å². The van der Waals surface area contributed by atoms with Gasteiger partial charge in [-0.15, -0.1) is 0 Å². The van der Waals surface area contributed by atoms with Crippen LogP contribution in [-0.4, -0.2) is 28.2 Å². The number of nitrogens with zero attached hydrogens (tertiary/aromatic N) is 2. The molecule has 7 heteroatoms. The summed E-state index contributed by atoms with van der Waals surface area (Å²) in [6, 6.07) is 23.9. The first-order valence-electron chi connectivity index (χ1n) is 9.38. The van der Waals surface area contributed by atoms with Crippen molar-refractivity contribution in [2.24, 2.45) is 0 Å². The second-order valence-corrected chi connectivity index (χ2v) is 6.46. The monoisotopic (exact) mass is 400 g/mol. The van der Waals surface area contributed by atoms with E-state index >= 15 is 0 Å². The number of aromatic amines is 1. The lowest BCUT2D eigenvalue weighted by Crippen LogP contribution is -2.23. The van der Waals surface area contributed by atoms with E-state index in [0.717, 1.165) is 11.3 Å². The molecule has 2 N–H and O–H groups in total. The van der Waals surface area contributed by atoms with E-state index in [2.05, 4.69) is 20.5 Å². The fraction of sp³-hybridized carbons (Fsp3) is 0.0870. The molecule has 0 saturated carbocycles. The number of ether oxygens (including phenoxy) is 2. The Labute approximate surface area is 173 Å². The Hall–Kier alpha value is -4.13. The largest absolute Gasteiger partial charge is 0.497 e. The highest BCUT2D eigenvalue weighted by Gasteiger charge is 2.10. The Morgan fingerprint density at radius 3 is 2.47 bits per heavy atom. The topological polar surface area (TPSA) is 89.1 Å². The molecule has 0 aliphatic carbocycles. The smallest absolute Gasteiger partial charge is 0.251 e. The van der Waals surface area contributed by atoms with Gasteiger partial charge in [0.25, 0.3) is 5.91 Å². The van der Waals surface area contributed by atoms with Crippen LogP contribution in [0.1, 0.15) is 16.2 Å². The van der Waals surface area contributed by atoms with Crippen LogP contribution >= 0.6 is 0 Å². The van der Waals surface area contributed by atoms with Crippen LogP contribution in [0.25, 0.3) is 11.4 Å². The molecular weight excluding hydrogens is 380 g/mol. The summed E-state index contributed by atoms with van der Waals surface area (Å²) in [5, 5.41) is 9.90. The average molecular weight is 400 g/mol. The molecule has 0 unspecified atom stereocenters. The summed E-state index contributed by atoms with van der Waals surface area (Å²) < 4.78 is 10.9. The number of carbonyl (C=O) groups excluding carboxylic acids is 1. The molecule has 3 aromatic carbocycles. The molecule has 150 valence electrons. The molecule has 0 radical (unpaired) electrons. The van der Waals surface area contributed by atoms with Crippen molar-refractivity contribution in [3.8, 4) is 28.6 Å². The van der Waals surface area contributed by atoms with Gasteiger partial charge in [0.15, 0.2) is 5.82 Å². The van der Waals surface area contributed by atoms with E-state index in [0.29, 0.717) is 28.7 Å². The number of para-hydroxylation sites is 1. The average Bonchev–Trinajstić information content (AvgIpc) is 3.27. The van der Waals surface area contributed by atoms with Crippen molar-refractivity contribution in [1.82, 2.24) is 20.5 Å². The molecule has 1 amide bonds. The van der Waals surface area contributed by atoms with Gasteiger partial charge in [0.1, 0.15) is 23.1 Å². The number of H-pyrrole nitrogens is 1. The van der Waals surface area contributed by atoms with Gasteiger partial charge in [-0.25, -0.2) is 4.98 Å². The zero-order chi connectivity index (χ0) is 20.8. The minimum atomic E-state index is -0.226. The summed E-state index contributed by atoms with van der Waals surface area (Å²) in [4.78, 5) is 17.0. The Balaban J connectivity index is 1.38. The van der Waals surface area contributed by atoms with E-state index in [1.54, 1.807) is 31.4 Å². The number of hydrogen-bond acceptors (Lipinski definition) is 5. The number of carbonyl (C=O) groups is 1. The molecule has 0 fully saturated rings. The fourth-order valence-corrected chi connectivity index (χ4v) is 2.84. The van der Waals surface area contributed by atoms with Gasteiger partial charge in [-0.1, -0.05) is 24.3 Å². The number of rotatable bonds is 7. The molecule has 0 atom stereocenters. The number of hydrogen-bond donors (Lipinski definition) is 2. The quantitative estimate of drug-likeness (QED) is 0.485. The normalized spacial score (nSPS) is 10.4. The van der Waals surface area contributed by atoms with E-state index in [-0.39, 0.29) is 12.5 Å². The van der Waals surface area contributed by atoms with Crippen molar-refractivity contribution in [3.05, 3.63) is 90.3 Å². The molecular formula is C23H20N4O3. The standard InChI is InChI=1S/C23H20N4O3/c1-29-18-12-10-16(11-13-18)22-25-21(26-27-22)15-24-23(28)17-6-5-9-20(14-17)30-19-7-3-2-4-8-19/h2-14H,15H2,1H3,(H,24,28)(H,25,26,27). The Kier molecular flexibility index (Phi) is 5.70. The van der Waals surface area contributed by atoms with Crippen molar-refractivity contribution in [3.63, 3.8) is 0 Å². The third-order valence-corrected chi connectivity index (χ3v) is 4.37. The maximum Gasteiger partial charge on any atom is 0.251 e. The van der Waals surface area contributed by atoms with Gasteiger partial charge >= 0.3 is 0 Å². The summed E-state index contributed by atoms with van der Waals surface area (Å²) in [6.07, 6.45) is 0. The van der Waals surface area contributed by atoms with E-state index < -0.39 is 0 Å². The van der Waals surface area contributed by atoms with Crippen LogP contribution in [0.4, 0.5) is 0 Å². The highest BCUT2D eigenvalue weighted by molar-refractivity contribution is 5.94. The summed E-state index contributed by atoms with van der Waals surface area (Å²) in [5.41, 5.74) is 1.36. The van der Waals surface area contributed by atoms with Crippen molar-refractivity contribution < 1.29 is 14.3 Å². The van der Waals surface area contributed by atoms with Gasteiger partial charge in [0.05, 0.1) is 13.7 Å². The molecule has 7 nitrogen and oxygen atoms in total. The Morgan fingerprint density at radius 2 is 1.70 bits per heavy atom. The summed E-state index contributed by atoms with van der Waals surface area (Å²) >= 11 is 0. The lowest BCUT2D eigenvalue weighted by molar-refractivity contribution is 0.0949. The molecule has 0 saturated heterocycles. The van der Waals surface area contributed by atoms with Gasteiger partial charge in [-0.2, -0.15) is 5.10 Å². The van der Waals surface area contributed by atoms with Gasteiger partial charge in [0.2, 0.25) is 0 Å². The number of amides is 1. The van der Waals surface area contributed by atoms with Crippen LogP contribution in [0.5, 0.6) is 17.2 Å². The number of benzene rings is 3. The van der Waals surface area contributed by atoms with Crippen molar-refractivity contribution in [1.29, 1.82) is 0 Å². The van der Waals surface area contributed by atoms with E-state index in [1.165, 1.54) is 0 Å². The van der Waals surface area contributed by atoms with E-state index in [9.17, 15) is 4.79 Å². The molecule has 4 rings (SSSR count). The van der Waals surface area contributed by atoms with Crippen molar-refractivity contribution >= 4 is 5.91 Å². The fourth-order valence-electron chi connectivity index (χ4n) is 2.84. The van der Waals surface area contributed by atoms with Crippen LogP contribution in [0.3, 0.4) is 0 Å². The first kappa shape index (κ1) is 19.2. The molecule has 1 aromatic heterocycles. The lowest BCUT2D eigenvalue weighted by Gasteiger charge is -2.08. The van der Waals surface area contributed by atoms with Crippen LogP contribution in [0, 0.1) is 0 Å². The molecule has 0 aliphatic heterocycles. The molecule has 0 spiro atoms. The van der Waals surface area contributed by atoms with Crippen molar-refractivity contribution in [2.45, 2.75) is 6.54 Å². The molecule has 0 bridgehead atoms. The van der Waals surface area contributed by atoms with E-state index in [4.69, 9.17) is 9.47 Å². The molecule has 0 aliphatic rings. The molecule has 30 heavy (non-hydrogen) atoms. The minimum absolute atomic E-state index is 0.226. The summed E-state index contributed by atoms with van der Waals surface area (Å²) in [7, 11) is 1.62. The third kappa shape index (κ3) is 4.64. The van der Waals surface area contributed by atoms with Gasteiger partial charge < -0.3 is 14.8 Å². The highest BCUT2D eigenvalue weighted by atomic mass is 16.5. The SMILES string of the molecule is COc1ccc(-c2n[nH]c(CNC(=O)c3cccc(Oc4ccccc4)c3)n2)cc1. The number of methoxy groups -OCH3 is 1. The zero-order valence-electron chi connectivity index (χ0n) is 16.3. The summed E-state index contributed by atoms with van der Waals surface area (Å²) in [6.45, 7) is 0.228. The van der Waals surface area contributed by atoms with E-state index in [1.807, 2.05) is 54.6 Å². The first-order chi connectivity index (χ1) is 14.7.